The number of hydrogen-bond donors (Lipinski definition) is 1. The summed E-state index contributed by atoms with van der Waals surface area (Å²) in [4.78, 5) is 0.234. The van der Waals surface area contributed by atoms with Crippen LogP contribution < -0.4 is 5.32 Å². The lowest BCUT2D eigenvalue weighted by atomic mass is 10.2. The van der Waals surface area contributed by atoms with Gasteiger partial charge in [-0.1, -0.05) is 6.92 Å². The molecule has 0 aromatic carbocycles. The van der Waals surface area contributed by atoms with E-state index >= 15 is 0 Å². The molecule has 0 bridgehead atoms. The standard InChI is InChI=1S/C12H19BrN2O3S/c1-3-9-5-4-6-15(9)19(16,17)11-7-10(8-14-2)18-12(11)13/h7,9,14H,3-6,8H2,1-2H3. The number of furan rings is 1. The number of sulfonamides is 1. The monoisotopic (exact) mass is 350 g/mol. The van der Waals surface area contributed by atoms with Gasteiger partial charge in [0.25, 0.3) is 0 Å². The normalized spacial score (nSPS) is 21.1. The first-order valence-electron chi connectivity index (χ1n) is 6.45. The third kappa shape index (κ3) is 2.89. The van der Waals surface area contributed by atoms with E-state index in [1.165, 1.54) is 0 Å². The van der Waals surface area contributed by atoms with Crippen LogP contribution in [0, 0.1) is 0 Å². The smallest absolute Gasteiger partial charge is 0.247 e. The average molecular weight is 351 g/mol. The largest absolute Gasteiger partial charge is 0.452 e. The van der Waals surface area contributed by atoms with Gasteiger partial charge in [0.1, 0.15) is 10.7 Å². The first-order chi connectivity index (χ1) is 9.00. The van der Waals surface area contributed by atoms with Gasteiger partial charge >= 0.3 is 0 Å². The van der Waals surface area contributed by atoms with Crippen LogP contribution in [0.25, 0.3) is 0 Å². The van der Waals surface area contributed by atoms with Crippen molar-refractivity contribution < 1.29 is 12.8 Å². The van der Waals surface area contributed by atoms with Crippen LogP contribution in [-0.2, 0) is 16.6 Å². The second-order valence-corrected chi connectivity index (χ2v) is 7.28. The van der Waals surface area contributed by atoms with Crippen molar-refractivity contribution in [1.82, 2.24) is 9.62 Å². The Hall–Kier alpha value is -0.370. The second-order valence-electron chi connectivity index (χ2n) is 4.70. The molecule has 0 aliphatic carbocycles. The Kier molecular flexibility index (Phi) is 4.70. The van der Waals surface area contributed by atoms with E-state index in [1.54, 1.807) is 17.4 Å². The maximum atomic E-state index is 12.7. The Balaban J connectivity index is 2.33. The van der Waals surface area contributed by atoms with Gasteiger partial charge in [-0.25, -0.2) is 8.42 Å². The highest BCUT2D eigenvalue weighted by Gasteiger charge is 2.36. The summed E-state index contributed by atoms with van der Waals surface area (Å²) in [6.07, 6.45) is 2.71. The van der Waals surface area contributed by atoms with Gasteiger partial charge in [0.2, 0.25) is 10.0 Å². The molecule has 7 heteroatoms. The summed E-state index contributed by atoms with van der Waals surface area (Å²) >= 11 is 3.21. The van der Waals surface area contributed by atoms with Crippen LogP contribution in [0.5, 0.6) is 0 Å². The predicted octanol–water partition coefficient (Wildman–Crippen LogP) is 2.32. The average Bonchev–Trinajstić information content (AvgIpc) is 2.96. The summed E-state index contributed by atoms with van der Waals surface area (Å²) in [6.45, 7) is 3.13. The summed E-state index contributed by atoms with van der Waals surface area (Å²) in [6, 6.07) is 1.71. The Morgan fingerprint density at radius 3 is 2.95 bits per heavy atom. The van der Waals surface area contributed by atoms with Crippen LogP contribution in [0.2, 0.25) is 0 Å². The molecule has 108 valence electrons. The van der Waals surface area contributed by atoms with Crippen molar-refractivity contribution in [3.8, 4) is 0 Å². The molecule has 1 atom stereocenters. The van der Waals surface area contributed by atoms with Crippen molar-refractivity contribution in [2.24, 2.45) is 0 Å². The number of nitrogens with one attached hydrogen (secondary N) is 1. The molecule has 1 N–H and O–H groups in total. The molecule has 2 heterocycles. The molecule has 0 spiro atoms. The molecular formula is C12H19BrN2O3S. The van der Waals surface area contributed by atoms with E-state index in [2.05, 4.69) is 21.2 Å². The van der Waals surface area contributed by atoms with E-state index in [1.807, 2.05) is 6.92 Å². The van der Waals surface area contributed by atoms with Crippen LogP contribution in [0.3, 0.4) is 0 Å². The lowest BCUT2D eigenvalue weighted by Gasteiger charge is -2.22. The molecule has 1 fully saturated rings. The zero-order valence-electron chi connectivity index (χ0n) is 11.1. The van der Waals surface area contributed by atoms with Gasteiger partial charge in [0.15, 0.2) is 4.67 Å². The van der Waals surface area contributed by atoms with Crippen LogP contribution in [0.15, 0.2) is 20.0 Å². The molecule has 1 aliphatic rings. The molecule has 1 aromatic heterocycles. The maximum absolute atomic E-state index is 12.7. The van der Waals surface area contributed by atoms with Crippen molar-refractivity contribution in [1.29, 1.82) is 0 Å². The minimum absolute atomic E-state index is 0.111. The fourth-order valence-corrected chi connectivity index (χ4v) is 5.22. The molecule has 19 heavy (non-hydrogen) atoms. The van der Waals surface area contributed by atoms with E-state index in [0.29, 0.717) is 23.5 Å². The number of rotatable bonds is 5. The molecule has 1 aromatic rings. The minimum atomic E-state index is -3.46. The molecule has 5 nitrogen and oxygen atoms in total. The number of hydrogen-bond acceptors (Lipinski definition) is 4. The zero-order chi connectivity index (χ0) is 14.0. The summed E-state index contributed by atoms with van der Waals surface area (Å²) in [5, 5.41) is 2.94. The van der Waals surface area contributed by atoms with Crippen LogP contribution in [0.4, 0.5) is 0 Å². The van der Waals surface area contributed by atoms with Crippen molar-refractivity contribution in [2.75, 3.05) is 13.6 Å². The molecule has 0 radical (unpaired) electrons. The summed E-state index contributed by atoms with van der Waals surface area (Å²) in [7, 11) is -1.67. The van der Waals surface area contributed by atoms with Gasteiger partial charge in [-0.15, -0.1) is 0 Å². The van der Waals surface area contributed by atoms with Gasteiger partial charge < -0.3 is 9.73 Å². The molecule has 1 aliphatic heterocycles. The highest BCUT2D eigenvalue weighted by molar-refractivity contribution is 9.10. The lowest BCUT2D eigenvalue weighted by molar-refractivity contribution is 0.378. The minimum Gasteiger partial charge on any atom is -0.452 e. The number of nitrogens with zero attached hydrogens (tertiary/aromatic N) is 1. The molecule has 0 saturated carbocycles. The molecule has 1 unspecified atom stereocenters. The van der Waals surface area contributed by atoms with Crippen LogP contribution in [-0.4, -0.2) is 32.4 Å². The second kappa shape index (κ2) is 5.95. The topological polar surface area (TPSA) is 62.6 Å². The van der Waals surface area contributed by atoms with Crippen molar-refractivity contribution in [3.63, 3.8) is 0 Å². The highest BCUT2D eigenvalue weighted by Crippen LogP contribution is 2.33. The quantitative estimate of drug-likeness (QED) is 0.884. The maximum Gasteiger partial charge on any atom is 0.247 e. The van der Waals surface area contributed by atoms with Crippen molar-refractivity contribution >= 4 is 26.0 Å². The summed E-state index contributed by atoms with van der Waals surface area (Å²) < 4.78 is 32.6. The van der Waals surface area contributed by atoms with Gasteiger partial charge in [-0.2, -0.15) is 4.31 Å². The molecular weight excluding hydrogens is 332 g/mol. The molecule has 0 amide bonds. The van der Waals surface area contributed by atoms with Crippen molar-refractivity contribution in [2.45, 2.75) is 43.7 Å². The first-order valence-corrected chi connectivity index (χ1v) is 8.68. The van der Waals surface area contributed by atoms with Gasteiger partial charge in [-0.3, -0.25) is 0 Å². The van der Waals surface area contributed by atoms with Gasteiger partial charge in [0, 0.05) is 18.7 Å². The SMILES string of the molecule is CCC1CCCN1S(=O)(=O)c1cc(CNC)oc1Br. The van der Waals surface area contributed by atoms with Gasteiger partial charge in [-0.05, 0) is 42.2 Å². The van der Waals surface area contributed by atoms with Crippen LogP contribution >= 0.6 is 15.9 Å². The van der Waals surface area contributed by atoms with E-state index in [-0.39, 0.29) is 10.9 Å². The third-order valence-corrected chi connectivity index (χ3v) is 6.25. The van der Waals surface area contributed by atoms with Gasteiger partial charge in [0.05, 0.1) is 6.54 Å². The van der Waals surface area contributed by atoms with E-state index in [4.69, 9.17) is 4.42 Å². The fourth-order valence-electron chi connectivity index (χ4n) is 2.49. The first kappa shape index (κ1) is 15.0. The Bertz CT molecular complexity index is 541. The van der Waals surface area contributed by atoms with Crippen LogP contribution in [0.1, 0.15) is 31.9 Å². The Morgan fingerprint density at radius 1 is 1.58 bits per heavy atom. The number of halogens is 1. The summed E-state index contributed by atoms with van der Waals surface area (Å²) in [5.41, 5.74) is 0. The lowest BCUT2D eigenvalue weighted by Crippen LogP contribution is -2.35. The Morgan fingerprint density at radius 2 is 2.32 bits per heavy atom. The summed E-state index contributed by atoms with van der Waals surface area (Å²) in [5.74, 6) is 0.611. The third-order valence-electron chi connectivity index (χ3n) is 3.44. The van der Waals surface area contributed by atoms with E-state index < -0.39 is 10.0 Å². The van der Waals surface area contributed by atoms with E-state index in [9.17, 15) is 8.42 Å². The van der Waals surface area contributed by atoms with Crippen molar-refractivity contribution in [3.05, 3.63) is 16.5 Å². The predicted molar refractivity (Wildman–Crippen MR) is 76.4 cm³/mol. The zero-order valence-corrected chi connectivity index (χ0v) is 13.6. The molecule has 1 saturated heterocycles. The van der Waals surface area contributed by atoms with E-state index in [0.717, 1.165) is 19.3 Å². The highest BCUT2D eigenvalue weighted by atomic mass is 79.9. The molecule has 2 rings (SSSR count). The fraction of sp³-hybridized carbons (Fsp3) is 0.667. The Labute approximate surface area is 122 Å².